The Bertz CT molecular complexity index is 733. The number of rotatable bonds is 8. The lowest BCUT2D eigenvalue weighted by Gasteiger charge is -2.17. The molecular formula is C17H25N3O5S. The number of nitrogens with zero attached hydrogens (tertiary/aromatic N) is 1. The Morgan fingerprint density at radius 3 is 2.42 bits per heavy atom. The Morgan fingerprint density at radius 1 is 1.19 bits per heavy atom. The summed E-state index contributed by atoms with van der Waals surface area (Å²) in [6, 6.07) is 7.05. The molecule has 2 amide bonds. The molecule has 0 bridgehead atoms. The number of likely N-dealkylation sites (N-methyl/N-ethyl adjacent to an activating group) is 1. The fraction of sp³-hybridized carbons (Fsp3) is 0.529. The minimum absolute atomic E-state index is 0.00913. The standard InChI is InChI=1S/C17H25N3O5S/c1-20(11-17(22)19-14-7-8-26(23,24)12-14)10-16(21)18-9-13-3-5-15(25-2)6-4-13/h3-6,14H,7-12H2,1-2H3,(H,18,21)(H,19,22). The monoisotopic (exact) mass is 383 g/mol. The van der Waals surface area contributed by atoms with Gasteiger partial charge in [0.15, 0.2) is 9.84 Å². The second kappa shape index (κ2) is 9.00. The van der Waals surface area contributed by atoms with E-state index in [1.54, 1.807) is 19.1 Å². The zero-order chi connectivity index (χ0) is 19.2. The predicted octanol–water partition coefficient (Wildman–Crippen LogP) is -0.453. The predicted molar refractivity (Wildman–Crippen MR) is 97.5 cm³/mol. The Morgan fingerprint density at radius 2 is 1.85 bits per heavy atom. The Hall–Kier alpha value is -2.13. The van der Waals surface area contributed by atoms with Crippen LogP contribution in [0.15, 0.2) is 24.3 Å². The van der Waals surface area contributed by atoms with Crippen LogP contribution in [0.5, 0.6) is 5.75 Å². The molecule has 144 valence electrons. The maximum atomic E-state index is 12.0. The fourth-order valence-corrected chi connectivity index (χ4v) is 4.40. The van der Waals surface area contributed by atoms with Crippen molar-refractivity contribution in [3.05, 3.63) is 29.8 Å². The summed E-state index contributed by atoms with van der Waals surface area (Å²) in [5, 5.41) is 5.50. The van der Waals surface area contributed by atoms with Crippen molar-refractivity contribution in [3.8, 4) is 5.75 Å². The molecule has 0 saturated carbocycles. The highest BCUT2D eigenvalue weighted by Gasteiger charge is 2.29. The van der Waals surface area contributed by atoms with Gasteiger partial charge in [0.25, 0.3) is 0 Å². The maximum Gasteiger partial charge on any atom is 0.234 e. The minimum Gasteiger partial charge on any atom is -0.497 e. The van der Waals surface area contributed by atoms with Crippen molar-refractivity contribution in [2.75, 3.05) is 38.8 Å². The third-order valence-electron chi connectivity index (χ3n) is 4.07. The van der Waals surface area contributed by atoms with Crippen LogP contribution in [0.4, 0.5) is 0 Å². The van der Waals surface area contributed by atoms with E-state index in [9.17, 15) is 18.0 Å². The van der Waals surface area contributed by atoms with Gasteiger partial charge in [-0.3, -0.25) is 14.5 Å². The zero-order valence-corrected chi connectivity index (χ0v) is 15.8. The molecule has 2 rings (SSSR count). The van der Waals surface area contributed by atoms with Gasteiger partial charge in [-0.25, -0.2) is 8.42 Å². The maximum absolute atomic E-state index is 12.0. The molecule has 0 aromatic heterocycles. The first-order valence-corrected chi connectivity index (χ1v) is 10.2. The highest BCUT2D eigenvalue weighted by molar-refractivity contribution is 7.91. The summed E-state index contributed by atoms with van der Waals surface area (Å²) in [4.78, 5) is 25.5. The van der Waals surface area contributed by atoms with Crippen LogP contribution in [0.25, 0.3) is 0 Å². The number of benzene rings is 1. The lowest BCUT2D eigenvalue weighted by Crippen LogP contribution is -2.44. The first kappa shape index (κ1) is 20.2. The molecule has 1 aromatic rings. The number of hydrogen-bond acceptors (Lipinski definition) is 6. The smallest absolute Gasteiger partial charge is 0.234 e. The number of nitrogens with one attached hydrogen (secondary N) is 2. The molecule has 1 fully saturated rings. The number of carbonyl (C=O) groups is 2. The lowest BCUT2D eigenvalue weighted by molar-refractivity contribution is -0.124. The molecule has 0 spiro atoms. The summed E-state index contributed by atoms with van der Waals surface area (Å²) in [5.74, 6) is 0.379. The molecule has 8 nitrogen and oxygen atoms in total. The van der Waals surface area contributed by atoms with Crippen LogP contribution in [-0.4, -0.2) is 69.9 Å². The lowest BCUT2D eigenvalue weighted by atomic mass is 10.2. The van der Waals surface area contributed by atoms with E-state index in [-0.39, 0.29) is 42.5 Å². The van der Waals surface area contributed by atoms with Crippen molar-refractivity contribution in [3.63, 3.8) is 0 Å². The molecule has 0 radical (unpaired) electrons. The van der Waals surface area contributed by atoms with Crippen LogP contribution < -0.4 is 15.4 Å². The highest BCUT2D eigenvalue weighted by Crippen LogP contribution is 2.11. The SMILES string of the molecule is COc1ccc(CNC(=O)CN(C)CC(=O)NC2CCS(=O)(=O)C2)cc1. The van der Waals surface area contributed by atoms with Gasteiger partial charge in [-0.05, 0) is 31.2 Å². The van der Waals surface area contributed by atoms with Gasteiger partial charge in [0, 0.05) is 12.6 Å². The van der Waals surface area contributed by atoms with Gasteiger partial charge in [0.1, 0.15) is 5.75 Å². The van der Waals surface area contributed by atoms with Gasteiger partial charge >= 0.3 is 0 Å². The van der Waals surface area contributed by atoms with Crippen molar-refractivity contribution >= 4 is 21.7 Å². The molecule has 9 heteroatoms. The summed E-state index contributed by atoms with van der Waals surface area (Å²) in [5.41, 5.74) is 0.946. The van der Waals surface area contributed by atoms with Crippen LogP contribution in [0, 0.1) is 0 Å². The largest absolute Gasteiger partial charge is 0.497 e. The summed E-state index contributed by atoms with van der Waals surface area (Å²) < 4.78 is 27.9. The number of amides is 2. The van der Waals surface area contributed by atoms with Crippen molar-refractivity contribution in [1.82, 2.24) is 15.5 Å². The van der Waals surface area contributed by atoms with E-state index in [4.69, 9.17) is 4.74 Å². The van der Waals surface area contributed by atoms with Crippen LogP contribution in [-0.2, 0) is 26.0 Å². The number of carbonyl (C=O) groups excluding carboxylic acids is 2. The topological polar surface area (TPSA) is 105 Å². The van der Waals surface area contributed by atoms with E-state index in [1.807, 2.05) is 24.3 Å². The van der Waals surface area contributed by atoms with E-state index in [0.29, 0.717) is 13.0 Å². The van der Waals surface area contributed by atoms with E-state index < -0.39 is 9.84 Å². The summed E-state index contributed by atoms with van der Waals surface area (Å²) in [6.45, 7) is 0.502. The molecule has 26 heavy (non-hydrogen) atoms. The fourth-order valence-electron chi connectivity index (χ4n) is 2.73. The van der Waals surface area contributed by atoms with E-state index in [0.717, 1.165) is 11.3 Å². The van der Waals surface area contributed by atoms with Crippen molar-refractivity contribution in [2.45, 2.75) is 19.0 Å². The first-order chi connectivity index (χ1) is 12.3. The Labute approximate surface area is 153 Å². The second-order valence-corrected chi connectivity index (χ2v) is 8.69. The average molecular weight is 383 g/mol. The van der Waals surface area contributed by atoms with Crippen LogP contribution in [0.1, 0.15) is 12.0 Å². The summed E-state index contributed by atoms with van der Waals surface area (Å²) in [6.07, 6.45) is 0.445. The second-order valence-electron chi connectivity index (χ2n) is 6.46. The van der Waals surface area contributed by atoms with Crippen LogP contribution in [0.3, 0.4) is 0 Å². The molecule has 1 aliphatic heterocycles. The van der Waals surface area contributed by atoms with Gasteiger partial charge in [-0.2, -0.15) is 0 Å². The normalized spacial score (nSPS) is 18.5. The third-order valence-corrected chi connectivity index (χ3v) is 5.84. The van der Waals surface area contributed by atoms with Crippen LogP contribution in [0.2, 0.25) is 0 Å². The Balaban J connectivity index is 1.68. The number of hydrogen-bond donors (Lipinski definition) is 2. The number of ether oxygens (including phenoxy) is 1. The zero-order valence-electron chi connectivity index (χ0n) is 15.0. The minimum atomic E-state index is -3.03. The van der Waals surface area contributed by atoms with E-state index in [2.05, 4.69) is 10.6 Å². The van der Waals surface area contributed by atoms with Gasteiger partial charge in [-0.15, -0.1) is 0 Å². The quantitative estimate of drug-likeness (QED) is 0.630. The molecule has 1 unspecified atom stereocenters. The Kier molecular flexibility index (Phi) is 6.98. The van der Waals surface area contributed by atoms with Crippen molar-refractivity contribution in [1.29, 1.82) is 0 Å². The van der Waals surface area contributed by atoms with Gasteiger partial charge in [0.2, 0.25) is 11.8 Å². The summed E-state index contributed by atoms with van der Waals surface area (Å²) >= 11 is 0. The molecule has 1 aromatic carbocycles. The highest BCUT2D eigenvalue weighted by atomic mass is 32.2. The molecular weight excluding hydrogens is 358 g/mol. The molecule has 1 aliphatic rings. The van der Waals surface area contributed by atoms with Gasteiger partial charge in [0.05, 0.1) is 31.7 Å². The molecule has 1 saturated heterocycles. The third kappa shape index (κ3) is 6.64. The molecule has 0 aliphatic carbocycles. The average Bonchev–Trinajstić information content (AvgIpc) is 2.91. The van der Waals surface area contributed by atoms with Gasteiger partial charge in [-0.1, -0.05) is 12.1 Å². The van der Waals surface area contributed by atoms with Crippen LogP contribution >= 0.6 is 0 Å². The molecule has 1 heterocycles. The van der Waals surface area contributed by atoms with Crippen molar-refractivity contribution in [2.24, 2.45) is 0 Å². The van der Waals surface area contributed by atoms with E-state index in [1.165, 1.54) is 0 Å². The number of methoxy groups -OCH3 is 1. The van der Waals surface area contributed by atoms with Gasteiger partial charge < -0.3 is 15.4 Å². The molecule has 1 atom stereocenters. The molecule has 2 N–H and O–H groups in total. The summed E-state index contributed by atoms with van der Waals surface area (Å²) in [7, 11) is 0.229. The van der Waals surface area contributed by atoms with E-state index >= 15 is 0 Å². The number of sulfone groups is 1. The van der Waals surface area contributed by atoms with Crippen molar-refractivity contribution < 1.29 is 22.7 Å². The first-order valence-electron chi connectivity index (χ1n) is 8.35.